The zero-order valence-corrected chi connectivity index (χ0v) is 12.9. The highest BCUT2D eigenvalue weighted by Gasteiger charge is 2.32. The van der Waals surface area contributed by atoms with Crippen LogP contribution in [0.1, 0.15) is 19.2 Å². The number of rotatable bonds is 6. The number of alkyl halides is 3. The van der Waals surface area contributed by atoms with Crippen LogP contribution in [0.5, 0.6) is 0 Å². The topological polar surface area (TPSA) is 46.3 Å². The van der Waals surface area contributed by atoms with Crippen molar-refractivity contribution in [3.05, 3.63) is 42.2 Å². The number of carbonyl (C=O) groups excluding carboxylic acids is 1. The van der Waals surface area contributed by atoms with Crippen molar-refractivity contribution >= 4 is 5.91 Å². The Labute approximate surface area is 136 Å². The predicted molar refractivity (Wildman–Crippen MR) is 78.5 cm³/mol. The molecule has 4 nitrogen and oxygen atoms in total. The van der Waals surface area contributed by atoms with Gasteiger partial charge in [-0.05, 0) is 19.1 Å². The fourth-order valence-electron chi connectivity index (χ4n) is 2.18. The fraction of sp³-hybridized carbons (Fsp3) is 0.375. The van der Waals surface area contributed by atoms with Crippen molar-refractivity contribution in [2.24, 2.45) is 0 Å². The van der Waals surface area contributed by atoms with Gasteiger partial charge in [-0.1, -0.05) is 12.1 Å². The maximum absolute atomic E-state index is 13.7. The van der Waals surface area contributed by atoms with Gasteiger partial charge < -0.3 is 9.32 Å². The molecule has 0 unspecified atom stereocenters. The monoisotopic (exact) mass is 344 g/mol. The van der Waals surface area contributed by atoms with Crippen molar-refractivity contribution in [3.63, 3.8) is 0 Å². The highest BCUT2D eigenvalue weighted by atomic mass is 19.4. The van der Waals surface area contributed by atoms with E-state index in [1.807, 2.05) is 0 Å². The molecule has 0 radical (unpaired) electrons. The quantitative estimate of drug-likeness (QED) is 0.749. The molecule has 0 aliphatic heterocycles. The molecule has 0 saturated carbocycles. The van der Waals surface area contributed by atoms with E-state index in [-0.39, 0.29) is 36.6 Å². The molecule has 0 spiro atoms. The summed E-state index contributed by atoms with van der Waals surface area (Å²) in [5.41, 5.74) is 0.231. The van der Waals surface area contributed by atoms with E-state index < -0.39 is 24.4 Å². The third kappa shape index (κ3) is 4.81. The van der Waals surface area contributed by atoms with Crippen molar-refractivity contribution in [1.82, 2.24) is 9.88 Å². The number of carbonyl (C=O) groups is 1. The molecule has 0 aliphatic carbocycles. The molecule has 0 N–H and O–H groups in total. The number of halogens is 4. The van der Waals surface area contributed by atoms with E-state index in [4.69, 9.17) is 4.42 Å². The average molecular weight is 344 g/mol. The Kier molecular flexibility index (Phi) is 5.58. The van der Waals surface area contributed by atoms with E-state index in [1.165, 1.54) is 31.3 Å². The standard InChI is InChI=1S/C16H16F4N2O2/c1-2-22(10-16(18,19)20)15(23)8-7-14-21-9-13(24-14)11-5-3-4-6-12(11)17/h3-6,9H,2,7-8,10H2,1H3. The Morgan fingerprint density at radius 2 is 2.00 bits per heavy atom. The number of hydrogen-bond donors (Lipinski definition) is 0. The van der Waals surface area contributed by atoms with Crippen LogP contribution in [-0.2, 0) is 11.2 Å². The number of nitrogens with zero attached hydrogens (tertiary/aromatic N) is 2. The van der Waals surface area contributed by atoms with Crippen LogP contribution in [0.2, 0.25) is 0 Å². The lowest BCUT2D eigenvalue weighted by Gasteiger charge is -2.21. The first-order chi connectivity index (χ1) is 11.3. The number of benzene rings is 1. The summed E-state index contributed by atoms with van der Waals surface area (Å²) in [7, 11) is 0. The van der Waals surface area contributed by atoms with Gasteiger partial charge in [0.2, 0.25) is 5.91 Å². The van der Waals surface area contributed by atoms with E-state index >= 15 is 0 Å². The van der Waals surface area contributed by atoms with Crippen molar-refractivity contribution in [2.75, 3.05) is 13.1 Å². The van der Waals surface area contributed by atoms with Crippen LogP contribution in [-0.4, -0.2) is 35.1 Å². The van der Waals surface area contributed by atoms with Gasteiger partial charge in [0, 0.05) is 19.4 Å². The summed E-state index contributed by atoms with van der Waals surface area (Å²) in [4.78, 5) is 16.5. The van der Waals surface area contributed by atoms with E-state index in [1.54, 1.807) is 6.07 Å². The van der Waals surface area contributed by atoms with Crippen molar-refractivity contribution in [3.8, 4) is 11.3 Å². The first-order valence-corrected chi connectivity index (χ1v) is 7.34. The molecule has 2 aromatic rings. The normalized spacial score (nSPS) is 11.5. The average Bonchev–Trinajstić information content (AvgIpc) is 2.98. The maximum atomic E-state index is 13.7. The highest BCUT2D eigenvalue weighted by Crippen LogP contribution is 2.24. The third-order valence-electron chi connectivity index (χ3n) is 3.35. The highest BCUT2D eigenvalue weighted by molar-refractivity contribution is 5.76. The van der Waals surface area contributed by atoms with Crippen LogP contribution in [0, 0.1) is 5.82 Å². The molecular formula is C16H16F4N2O2. The summed E-state index contributed by atoms with van der Waals surface area (Å²) in [6.45, 7) is 0.157. The van der Waals surface area contributed by atoms with Gasteiger partial charge in [0.1, 0.15) is 12.4 Å². The lowest BCUT2D eigenvalue weighted by Crippen LogP contribution is -2.38. The molecule has 1 aromatic carbocycles. The summed E-state index contributed by atoms with van der Waals surface area (Å²) in [5, 5.41) is 0. The van der Waals surface area contributed by atoms with Crippen LogP contribution in [0.4, 0.5) is 17.6 Å². The SMILES string of the molecule is CCN(CC(F)(F)F)C(=O)CCc1ncc(-c2ccccc2F)o1. The van der Waals surface area contributed by atoms with Crippen molar-refractivity contribution in [2.45, 2.75) is 25.9 Å². The minimum Gasteiger partial charge on any atom is -0.441 e. The fourth-order valence-corrected chi connectivity index (χ4v) is 2.18. The first-order valence-electron chi connectivity index (χ1n) is 7.34. The van der Waals surface area contributed by atoms with E-state index in [9.17, 15) is 22.4 Å². The number of oxazole rings is 1. The molecule has 2 rings (SSSR count). The Morgan fingerprint density at radius 3 is 2.62 bits per heavy atom. The number of amides is 1. The minimum absolute atomic E-state index is 0.0373. The van der Waals surface area contributed by atoms with Gasteiger partial charge in [-0.25, -0.2) is 9.37 Å². The maximum Gasteiger partial charge on any atom is 0.406 e. The van der Waals surface area contributed by atoms with Gasteiger partial charge in [-0.2, -0.15) is 13.2 Å². The zero-order valence-electron chi connectivity index (χ0n) is 12.9. The lowest BCUT2D eigenvalue weighted by atomic mass is 10.2. The third-order valence-corrected chi connectivity index (χ3v) is 3.35. The second kappa shape index (κ2) is 7.46. The van der Waals surface area contributed by atoms with Gasteiger partial charge in [0.25, 0.3) is 0 Å². The Hall–Kier alpha value is -2.38. The molecule has 0 bridgehead atoms. The molecule has 24 heavy (non-hydrogen) atoms. The van der Waals surface area contributed by atoms with Crippen LogP contribution in [0.3, 0.4) is 0 Å². The second-order valence-electron chi connectivity index (χ2n) is 5.12. The summed E-state index contributed by atoms with van der Waals surface area (Å²) >= 11 is 0. The summed E-state index contributed by atoms with van der Waals surface area (Å²) in [5.74, 6) is -0.734. The molecular weight excluding hydrogens is 328 g/mol. The molecule has 0 aliphatic rings. The molecule has 0 atom stereocenters. The summed E-state index contributed by atoms with van der Waals surface area (Å²) < 4.78 is 56.2. The lowest BCUT2D eigenvalue weighted by molar-refractivity contribution is -0.160. The summed E-state index contributed by atoms with van der Waals surface area (Å²) in [6, 6.07) is 5.97. The molecule has 0 saturated heterocycles. The van der Waals surface area contributed by atoms with E-state index in [0.717, 1.165) is 4.90 Å². The van der Waals surface area contributed by atoms with Gasteiger partial charge in [0.15, 0.2) is 11.7 Å². The van der Waals surface area contributed by atoms with Crippen LogP contribution in [0.25, 0.3) is 11.3 Å². The molecule has 1 heterocycles. The van der Waals surface area contributed by atoms with Crippen molar-refractivity contribution in [1.29, 1.82) is 0 Å². The van der Waals surface area contributed by atoms with Gasteiger partial charge >= 0.3 is 6.18 Å². The Balaban J connectivity index is 1.98. The predicted octanol–water partition coefficient (Wildman–Crippen LogP) is 3.82. The van der Waals surface area contributed by atoms with Crippen LogP contribution >= 0.6 is 0 Å². The van der Waals surface area contributed by atoms with E-state index in [2.05, 4.69) is 4.98 Å². The van der Waals surface area contributed by atoms with Gasteiger partial charge in [-0.15, -0.1) is 0 Å². The minimum atomic E-state index is -4.44. The first kappa shape index (κ1) is 18.0. The second-order valence-corrected chi connectivity index (χ2v) is 5.12. The molecule has 0 fully saturated rings. The van der Waals surface area contributed by atoms with Crippen LogP contribution < -0.4 is 0 Å². The van der Waals surface area contributed by atoms with E-state index in [0.29, 0.717) is 0 Å². The molecule has 130 valence electrons. The molecule has 1 amide bonds. The van der Waals surface area contributed by atoms with Gasteiger partial charge in [-0.3, -0.25) is 4.79 Å². The zero-order chi connectivity index (χ0) is 17.7. The van der Waals surface area contributed by atoms with Crippen LogP contribution in [0.15, 0.2) is 34.9 Å². The van der Waals surface area contributed by atoms with Crippen molar-refractivity contribution < 1.29 is 26.8 Å². The number of hydrogen-bond acceptors (Lipinski definition) is 3. The smallest absolute Gasteiger partial charge is 0.406 e. The number of aromatic nitrogens is 1. The molecule has 1 aromatic heterocycles. The van der Waals surface area contributed by atoms with Gasteiger partial charge in [0.05, 0.1) is 11.8 Å². The Morgan fingerprint density at radius 1 is 1.29 bits per heavy atom. The summed E-state index contributed by atoms with van der Waals surface area (Å²) in [6.07, 6.45) is -3.24. The largest absolute Gasteiger partial charge is 0.441 e. The molecule has 8 heteroatoms. The Bertz CT molecular complexity index is 697. The number of aryl methyl sites for hydroxylation is 1.